The fraction of sp³-hybridized carbons (Fsp3) is 1.00. The number of hydrogen-bond acceptors (Lipinski definition) is 4. The zero-order chi connectivity index (χ0) is 8.53. The first-order valence-electron chi connectivity index (χ1n) is 4.01. The second-order valence-electron chi connectivity index (χ2n) is 2.51. The zero-order valence-corrected chi connectivity index (χ0v) is 6.79. The molecule has 0 radical (unpaired) electrons. The lowest BCUT2D eigenvalue weighted by Crippen LogP contribution is -2.30. The van der Waals surface area contributed by atoms with Crippen LogP contribution in [-0.2, 0) is 0 Å². The van der Waals surface area contributed by atoms with E-state index in [0.29, 0.717) is 25.9 Å². The van der Waals surface area contributed by atoms with Crippen LogP contribution in [0.2, 0.25) is 0 Å². The highest BCUT2D eigenvalue weighted by Gasteiger charge is 2.01. The van der Waals surface area contributed by atoms with E-state index in [9.17, 15) is 5.11 Å². The van der Waals surface area contributed by atoms with Crippen LogP contribution in [0.25, 0.3) is 0 Å². The predicted octanol–water partition coefficient (Wildman–Crippen LogP) is -1.33. The third-order valence-corrected chi connectivity index (χ3v) is 1.40. The molecule has 0 aliphatic rings. The van der Waals surface area contributed by atoms with Gasteiger partial charge in [-0.05, 0) is 12.8 Å². The fourth-order valence-corrected chi connectivity index (χ4v) is 0.800. The maximum absolute atomic E-state index is 9.19. The molecule has 0 aliphatic heterocycles. The van der Waals surface area contributed by atoms with Crippen molar-refractivity contribution in [1.82, 2.24) is 5.32 Å². The molecule has 1 unspecified atom stereocenters. The summed E-state index contributed by atoms with van der Waals surface area (Å²) in [5.74, 6) is 0. The molecule has 68 valence electrons. The van der Waals surface area contributed by atoms with Gasteiger partial charge < -0.3 is 21.3 Å². The Hall–Kier alpha value is -0.160. The van der Waals surface area contributed by atoms with Gasteiger partial charge in [-0.2, -0.15) is 0 Å². The first-order chi connectivity index (χ1) is 5.31. The number of nitrogens with two attached hydrogens (primary N) is 1. The number of rotatable bonds is 7. The van der Waals surface area contributed by atoms with E-state index in [0.717, 1.165) is 6.54 Å². The van der Waals surface area contributed by atoms with Gasteiger partial charge in [0.15, 0.2) is 0 Å². The third-order valence-electron chi connectivity index (χ3n) is 1.40. The molecule has 1 atom stereocenters. The van der Waals surface area contributed by atoms with Crippen molar-refractivity contribution in [2.24, 2.45) is 5.73 Å². The van der Waals surface area contributed by atoms with Crippen LogP contribution in [0.4, 0.5) is 0 Å². The van der Waals surface area contributed by atoms with Crippen molar-refractivity contribution in [2.75, 3.05) is 26.2 Å². The van der Waals surface area contributed by atoms with E-state index in [2.05, 4.69) is 5.32 Å². The first kappa shape index (κ1) is 10.8. The van der Waals surface area contributed by atoms with Crippen molar-refractivity contribution < 1.29 is 10.2 Å². The highest BCUT2D eigenvalue weighted by Crippen LogP contribution is 1.93. The molecule has 0 amide bonds. The summed E-state index contributed by atoms with van der Waals surface area (Å²) < 4.78 is 0. The molecule has 0 aromatic rings. The Kier molecular flexibility index (Phi) is 7.83. The van der Waals surface area contributed by atoms with Crippen molar-refractivity contribution in [1.29, 1.82) is 0 Å². The van der Waals surface area contributed by atoms with Crippen LogP contribution in [0.5, 0.6) is 0 Å². The molecule has 0 saturated heterocycles. The summed E-state index contributed by atoms with van der Waals surface area (Å²) in [4.78, 5) is 0. The minimum absolute atomic E-state index is 0.147. The molecule has 0 saturated carbocycles. The maximum Gasteiger partial charge on any atom is 0.0665 e. The summed E-state index contributed by atoms with van der Waals surface area (Å²) in [5, 5.41) is 20.6. The van der Waals surface area contributed by atoms with E-state index in [4.69, 9.17) is 10.8 Å². The van der Waals surface area contributed by atoms with Crippen LogP contribution < -0.4 is 11.1 Å². The van der Waals surface area contributed by atoms with Gasteiger partial charge in [0.05, 0.1) is 6.10 Å². The van der Waals surface area contributed by atoms with Gasteiger partial charge in [-0.1, -0.05) is 0 Å². The molecule has 11 heavy (non-hydrogen) atoms. The third kappa shape index (κ3) is 7.74. The minimum atomic E-state index is -0.353. The molecular formula is C7H18N2O2. The molecule has 0 rings (SSSR count). The Morgan fingerprint density at radius 1 is 1.45 bits per heavy atom. The summed E-state index contributed by atoms with van der Waals surface area (Å²) >= 11 is 0. The smallest absolute Gasteiger partial charge is 0.0665 e. The Morgan fingerprint density at radius 2 is 2.18 bits per heavy atom. The van der Waals surface area contributed by atoms with Crippen LogP contribution in [0, 0.1) is 0 Å². The number of aliphatic hydroxyl groups is 2. The predicted molar refractivity (Wildman–Crippen MR) is 44.3 cm³/mol. The lowest BCUT2D eigenvalue weighted by molar-refractivity contribution is 0.148. The van der Waals surface area contributed by atoms with Gasteiger partial charge in [-0.3, -0.25) is 0 Å². The van der Waals surface area contributed by atoms with Crippen molar-refractivity contribution in [2.45, 2.75) is 18.9 Å². The molecule has 5 N–H and O–H groups in total. The van der Waals surface area contributed by atoms with Gasteiger partial charge >= 0.3 is 0 Å². The Bertz CT molecular complexity index is 80.8. The standard InChI is InChI=1S/C7H18N2O2/c8-3-4-9-6-7(11)2-1-5-10/h7,9-11H,1-6,8H2. The molecule has 0 spiro atoms. The normalized spacial score (nSPS) is 13.4. The van der Waals surface area contributed by atoms with Gasteiger partial charge in [-0.25, -0.2) is 0 Å². The second kappa shape index (κ2) is 7.94. The number of nitrogens with one attached hydrogen (secondary N) is 1. The topological polar surface area (TPSA) is 78.5 Å². The minimum Gasteiger partial charge on any atom is -0.396 e. The maximum atomic E-state index is 9.19. The average Bonchev–Trinajstić information content (AvgIpc) is 2.01. The highest BCUT2D eigenvalue weighted by molar-refractivity contribution is 4.59. The Morgan fingerprint density at radius 3 is 2.73 bits per heavy atom. The Labute approximate surface area is 67.4 Å². The number of aliphatic hydroxyl groups excluding tert-OH is 2. The van der Waals surface area contributed by atoms with Crippen molar-refractivity contribution in [3.63, 3.8) is 0 Å². The molecule has 0 aliphatic carbocycles. The summed E-state index contributed by atoms with van der Waals surface area (Å²) in [7, 11) is 0. The molecular weight excluding hydrogens is 144 g/mol. The fourth-order valence-electron chi connectivity index (χ4n) is 0.800. The lowest BCUT2D eigenvalue weighted by atomic mass is 10.2. The number of hydrogen-bond donors (Lipinski definition) is 4. The van der Waals surface area contributed by atoms with Gasteiger partial charge in [0, 0.05) is 26.2 Å². The van der Waals surface area contributed by atoms with Gasteiger partial charge in [0.25, 0.3) is 0 Å². The molecule has 0 aromatic heterocycles. The molecule has 4 heteroatoms. The van der Waals surface area contributed by atoms with Crippen molar-refractivity contribution in [3.8, 4) is 0 Å². The zero-order valence-electron chi connectivity index (χ0n) is 6.79. The van der Waals surface area contributed by atoms with Crippen LogP contribution in [0.1, 0.15) is 12.8 Å². The van der Waals surface area contributed by atoms with Gasteiger partial charge in [0.1, 0.15) is 0 Å². The van der Waals surface area contributed by atoms with E-state index in [-0.39, 0.29) is 12.7 Å². The van der Waals surface area contributed by atoms with E-state index < -0.39 is 0 Å². The molecule has 0 fully saturated rings. The Balaban J connectivity index is 3.02. The van der Waals surface area contributed by atoms with Crippen LogP contribution >= 0.6 is 0 Å². The van der Waals surface area contributed by atoms with E-state index in [1.807, 2.05) is 0 Å². The summed E-state index contributed by atoms with van der Waals surface area (Å²) in [6.07, 6.45) is 0.952. The van der Waals surface area contributed by atoms with Crippen molar-refractivity contribution >= 4 is 0 Å². The average molecular weight is 162 g/mol. The van der Waals surface area contributed by atoms with Crippen molar-refractivity contribution in [3.05, 3.63) is 0 Å². The summed E-state index contributed by atoms with van der Waals surface area (Å²) in [6, 6.07) is 0. The molecule has 4 nitrogen and oxygen atoms in total. The molecule has 0 heterocycles. The molecule has 0 bridgehead atoms. The van der Waals surface area contributed by atoms with E-state index in [1.165, 1.54) is 0 Å². The monoisotopic (exact) mass is 162 g/mol. The SMILES string of the molecule is NCCNCC(O)CCCO. The largest absolute Gasteiger partial charge is 0.396 e. The van der Waals surface area contributed by atoms with E-state index in [1.54, 1.807) is 0 Å². The van der Waals surface area contributed by atoms with Crippen LogP contribution in [-0.4, -0.2) is 42.6 Å². The van der Waals surface area contributed by atoms with Crippen LogP contribution in [0.15, 0.2) is 0 Å². The summed E-state index contributed by atoms with van der Waals surface area (Å²) in [6.45, 7) is 2.04. The van der Waals surface area contributed by atoms with Crippen LogP contribution in [0.3, 0.4) is 0 Å². The molecule has 0 aromatic carbocycles. The van der Waals surface area contributed by atoms with E-state index >= 15 is 0 Å². The highest BCUT2D eigenvalue weighted by atomic mass is 16.3. The van der Waals surface area contributed by atoms with Gasteiger partial charge in [-0.15, -0.1) is 0 Å². The summed E-state index contributed by atoms with van der Waals surface area (Å²) in [5.41, 5.74) is 5.23. The first-order valence-corrected chi connectivity index (χ1v) is 4.01. The van der Waals surface area contributed by atoms with Gasteiger partial charge in [0.2, 0.25) is 0 Å². The quantitative estimate of drug-likeness (QED) is 0.350. The lowest BCUT2D eigenvalue weighted by Gasteiger charge is -2.09. The second-order valence-corrected chi connectivity index (χ2v) is 2.51.